The summed E-state index contributed by atoms with van der Waals surface area (Å²) in [6.07, 6.45) is 2.09. The Morgan fingerprint density at radius 3 is 2.65 bits per heavy atom. The van der Waals surface area contributed by atoms with Gasteiger partial charge in [0.2, 0.25) is 0 Å². The van der Waals surface area contributed by atoms with Crippen LogP contribution in [0.15, 0.2) is 23.0 Å². The van der Waals surface area contributed by atoms with Crippen molar-refractivity contribution in [3.05, 3.63) is 39.8 Å². The largest absolute Gasteiger partial charge is 0.303 e. The lowest BCUT2D eigenvalue weighted by molar-refractivity contribution is 0.494. The van der Waals surface area contributed by atoms with Gasteiger partial charge in [-0.3, -0.25) is 4.68 Å². The van der Waals surface area contributed by atoms with E-state index in [1.54, 1.807) is 11.3 Å². The minimum Gasteiger partial charge on any atom is -0.303 e. The zero-order chi connectivity index (χ0) is 12.4. The van der Waals surface area contributed by atoms with Crippen LogP contribution >= 0.6 is 11.3 Å². The molecular weight excluding hydrogens is 230 g/mol. The predicted octanol–water partition coefficient (Wildman–Crippen LogP) is 3.20. The molecule has 0 bridgehead atoms. The molecule has 0 fully saturated rings. The van der Waals surface area contributed by atoms with Crippen LogP contribution in [-0.2, 0) is 7.05 Å². The summed E-state index contributed by atoms with van der Waals surface area (Å²) in [7, 11) is 1.96. The lowest BCUT2D eigenvalue weighted by Gasteiger charge is -2.19. The fourth-order valence-electron chi connectivity index (χ4n) is 2.13. The van der Waals surface area contributed by atoms with E-state index in [1.165, 1.54) is 11.1 Å². The Morgan fingerprint density at radius 1 is 1.35 bits per heavy atom. The van der Waals surface area contributed by atoms with Gasteiger partial charge in [0.15, 0.2) is 0 Å². The smallest absolute Gasteiger partial charge is 0.0641 e. The highest BCUT2D eigenvalue weighted by Crippen LogP contribution is 2.22. The van der Waals surface area contributed by atoms with Gasteiger partial charge in [-0.1, -0.05) is 0 Å². The highest BCUT2D eigenvalue weighted by molar-refractivity contribution is 7.07. The average molecular weight is 249 g/mol. The number of nitrogens with one attached hydrogen (secondary N) is 1. The molecule has 92 valence electrons. The molecule has 0 saturated carbocycles. The molecule has 0 spiro atoms. The Hall–Kier alpha value is -1.13. The second-order valence-electron chi connectivity index (χ2n) is 4.51. The molecule has 2 aromatic rings. The summed E-state index contributed by atoms with van der Waals surface area (Å²) < 4.78 is 1.87. The lowest BCUT2D eigenvalue weighted by atomic mass is 10.1. The molecule has 0 aromatic carbocycles. The summed E-state index contributed by atoms with van der Waals surface area (Å²) in [6.45, 7) is 6.44. The van der Waals surface area contributed by atoms with E-state index >= 15 is 0 Å². The van der Waals surface area contributed by atoms with Gasteiger partial charge in [-0.25, -0.2) is 0 Å². The van der Waals surface area contributed by atoms with Crippen LogP contribution in [0.5, 0.6) is 0 Å². The van der Waals surface area contributed by atoms with Crippen molar-refractivity contribution in [2.75, 3.05) is 0 Å². The third-order valence-electron chi connectivity index (χ3n) is 3.06. The fraction of sp³-hybridized carbons (Fsp3) is 0.462. The van der Waals surface area contributed by atoms with Gasteiger partial charge < -0.3 is 5.32 Å². The number of thiophene rings is 1. The van der Waals surface area contributed by atoms with E-state index in [0.29, 0.717) is 12.1 Å². The molecule has 2 rings (SSSR count). The molecular formula is C13H19N3S. The summed E-state index contributed by atoms with van der Waals surface area (Å²) in [5.74, 6) is 0. The molecule has 3 nitrogen and oxygen atoms in total. The zero-order valence-corrected chi connectivity index (χ0v) is 11.6. The van der Waals surface area contributed by atoms with Crippen LogP contribution in [0.2, 0.25) is 0 Å². The maximum absolute atomic E-state index is 4.38. The minimum absolute atomic E-state index is 0.318. The highest BCUT2D eigenvalue weighted by atomic mass is 32.1. The number of aromatic nitrogens is 2. The van der Waals surface area contributed by atoms with Gasteiger partial charge >= 0.3 is 0 Å². The number of hydrogen-bond acceptors (Lipinski definition) is 3. The van der Waals surface area contributed by atoms with Crippen molar-refractivity contribution in [3.8, 4) is 0 Å². The highest BCUT2D eigenvalue weighted by Gasteiger charge is 2.15. The summed E-state index contributed by atoms with van der Waals surface area (Å²) in [5, 5.41) is 12.3. The predicted molar refractivity (Wildman–Crippen MR) is 72.2 cm³/mol. The second-order valence-corrected chi connectivity index (χ2v) is 5.29. The molecule has 1 N–H and O–H groups in total. The molecule has 0 radical (unpaired) electrons. The van der Waals surface area contributed by atoms with E-state index in [-0.39, 0.29) is 0 Å². The van der Waals surface area contributed by atoms with E-state index in [9.17, 15) is 0 Å². The van der Waals surface area contributed by atoms with Crippen molar-refractivity contribution in [1.82, 2.24) is 15.1 Å². The lowest BCUT2D eigenvalue weighted by Crippen LogP contribution is -2.22. The molecule has 2 heterocycles. The standard InChI is InChI=1S/C13H19N3S/c1-9(12-5-6-17-8-12)14-10(2)13-7-16(4)15-11(13)3/h5-10,14H,1-4H3. The normalized spacial score (nSPS) is 14.8. The maximum Gasteiger partial charge on any atom is 0.0641 e. The molecule has 0 aliphatic carbocycles. The van der Waals surface area contributed by atoms with Crippen molar-refractivity contribution in [3.63, 3.8) is 0 Å². The van der Waals surface area contributed by atoms with Gasteiger partial charge in [0.05, 0.1) is 5.69 Å². The average Bonchev–Trinajstić information content (AvgIpc) is 2.87. The SMILES string of the molecule is Cc1nn(C)cc1C(C)NC(C)c1ccsc1. The second kappa shape index (κ2) is 5.02. The Kier molecular flexibility index (Phi) is 3.64. The van der Waals surface area contributed by atoms with Crippen LogP contribution in [-0.4, -0.2) is 9.78 Å². The summed E-state index contributed by atoms with van der Waals surface area (Å²) in [6, 6.07) is 2.86. The summed E-state index contributed by atoms with van der Waals surface area (Å²) >= 11 is 1.74. The molecule has 0 aliphatic heterocycles. The molecule has 17 heavy (non-hydrogen) atoms. The molecule has 4 heteroatoms. The minimum atomic E-state index is 0.318. The number of nitrogens with zero attached hydrogens (tertiary/aromatic N) is 2. The topological polar surface area (TPSA) is 29.9 Å². The van der Waals surface area contributed by atoms with Gasteiger partial charge in [-0.15, -0.1) is 0 Å². The van der Waals surface area contributed by atoms with E-state index in [4.69, 9.17) is 0 Å². The number of hydrogen-bond donors (Lipinski definition) is 1. The molecule has 0 amide bonds. The first-order chi connectivity index (χ1) is 8.08. The number of rotatable bonds is 4. The Morgan fingerprint density at radius 2 is 2.12 bits per heavy atom. The van der Waals surface area contributed by atoms with E-state index in [2.05, 4.69) is 54.2 Å². The van der Waals surface area contributed by atoms with Crippen molar-refractivity contribution in [2.24, 2.45) is 7.05 Å². The van der Waals surface area contributed by atoms with E-state index in [0.717, 1.165) is 5.69 Å². The van der Waals surface area contributed by atoms with E-state index in [1.807, 2.05) is 11.7 Å². The van der Waals surface area contributed by atoms with Gasteiger partial charge in [-0.05, 0) is 43.2 Å². The van der Waals surface area contributed by atoms with Crippen LogP contribution in [0.4, 0.5) is 0 Å². The van der Waals surface area contributed by atoms with Gasteiger partial charge in [0.1, 0.15) is 0 Å². The van der Waals surface area contributed by atoms with Crippen LogP contribution in [0, 0.1) is 6.92 Å². The first-order valence-electron chi connectivity index (χ1n) is 5.86. The Balaban J connectivity index is 2.06. The van der Waals surface area contributed by atoms with Gasteiger partial charge in [-0.2, -0.15) is 16.4 Å². The maximum atomic E-state index is 4.38. The first kappa shape index (κ1) is 12.3. The molecule has 0 saturated heterocycles. The van der Waals surface area contributed by atoms with Crippen LogP contribution < -0.4 is 5.32 Å². The first-order valence-corrected chi connectivity index (χ1v) is 6.80. The third kappa shape index (κ3) is 2.76. The molecule has 2 unspecified atom stereocenters. The third-order valence-corrected chi connectivity index (χ3v) is 3.76. The summed E-state index contributed by atoms with van der Waals surface area (Å²) in [5.41, 5.74) is 3.72. The quantitative estimate of drug-likeness (QED) is 0.901. The van der Waals surface area contributed by atoms with Crippen molar-refractivity contribution < 1.29 is 0 Å². The van der Waals surface area contributed by atoms with Gasteiger partial charge in [0, 0.05) is 30.9 Å². The Labute approximate surface area is 106 Å². The zero-order valence-electron chi connectivity index (χ0n) is 10.8. The summed E-state index contributed by atoms with van der Waals surface area (Å²) in [4.78, 5) is 0. The van der Waals surface area contributed by atoms with Crippen molar-refractivity contribution in [1.29, 1.82) is 0 Å². The van der Waals surface area contributed by atoms with E-state index < -0.39 is 0 Å². The van der Waals surface area contributed by atoms with Gasteiger partial charge in [0.25, 0.3) is 0 Å². The Bertz CT molecular complexity index is 473. The monoisotopic (exact) mass is 249 g/mol. The van der Waals surface area contributed by atoms with Crippen molar-refractivity contribution >= 4 is 11.3 Å². The molecule has 2 aromatic heterocycles. The molecule has 2 atom stereocenters. The number of aryl methyl sites for hydroxylation is 2. The van der Waals surface area contributed by atoms with Crippen LogP contribution in [0.1, 0.15) is 42.8 Å². The fourth-order valence-corrected chi connectivity index (χ4v) is 2.88. The van der Waals surface area contributed by atoms with Crippen LogP contribution in [0.25, 0.3) is 0 Å². The van der Waals surface area contributed by atoms with Crippen LogP contribution in [0.3, 0.4) is 0 Å². The van der Waals surface area contributed by atoms with Crippen molar-refractivity contribution in [2.45, 2.75) is 32.9 Å². The molecule has 0 aliphatic rings.